The van der Waals surface area contributed by atoms with Gasteiger partial charge in [-0.05, 0) is 41.1 Å². The van der Waals surface area contributed by atoms with E-state index in [0.717, 1.165) is 11.3 Å². The topological polar surface area (TPSA) is 60.9 Å². The second kappa shape index (κ2) is 5.35. The zero-order valence-electron chi connectivity index (χ0n) is 10.6. The van der Waals surface area contributed by atoms with Gasteiger partial charge in [0.1, 0.15) is 5.15 Å². The quantitative estimate of drug-likeness (QED) is 0.688. The highest BCUT2D eigenvalue weighted by molar-refractivity contribution is 9.10. The first-order valence-corrected chi connectivity index (χ1v) is 6.83. The summed E-state index contributed by atoms with van der Waals surface area (Å²) in [7, 11) is 1.75. The molecule has 100 valence electrons. The van der Waals surface area contributed by atoms with E-state index in [9.17, 15) is 4.79 Å². The Morgan fingerprint density at radius 1 is 1.53 bits per heavy atom. The van der Waals surface area contributed by atoms with Gasteiger partial charge in [0.15, 0.2) is 5.78 Å². The van der Waals surface area contributed by atoms with Gasteiger partial charge in [-0.1, -0.05) is 11.6 Å². The Morgan fingerprint density at radius 2 is 2.21 bits per heavy atom. The van der Waals surface area contributed by atoms with Crippen LogP contribution in [0.2, 0.25) is 5.15 Å². The molecule has 4 nitrogen and oxygen atoms in total. The molecule has 2 N–H and O–H groups in total. The highest BCUT2D eigenvalue weighted by Crippen LogP contribution is 2.24. The lowest BCUT2D eigenvalue weighted by Crippen LogP contribution is -2.05. The van der Waals surface area contributed by atoms with Gasteiger partial charge in [-0.25, -0.2) is 0 Å². The molecule has 0 aliphatic carbocycles. The van der Waals surface area contributed by atoms with Crippen molar-refractivity contribution in [1.29, 1.82) is 0 Å². The van der Waals surface area contributed by atoms with E-state index in [-0.39, 0.29) is 12.2 Å². The van der Waals surface area contributed by atoms with Crippen LogP contribution in [0.15, 0.2) is 22.7 Å². The van der Waals surface area contributed by atoms with Gasteiger partial charge >= 0.3 is 0 Å². The van der Waals surface area contributed by atoms with Crippen molar-refractivity contribution in [2.45, 2.75) is 13.3 Å². The molecule has 0 spiro atoms. The van der Waals surface area contributed by atoms with Crippen LogP contribution >= 0.6 is 27.5 Å². The molecule has 19 heavy (non-hydrogen) atoms. The molecule has 0 unspecified atom stereocenters. The number of ketones is 1. The minimum absolute atomic E-state index is 0.0151. The Bertz CT molecular complexity index is 652. The van der Waals surface area contributed by atoms with Crippen molar-refractivity contribution >= 4 is 39.0 Å². The summed E-state index contributed by atoms with van der Waals surface area (Å²) in [6.45, 7) is 1.84. The molecule has 0 radical (unpaired) electrons. The molecule has 2 aromatic rings. The summed E-state index contributed by atoms with van der Waals surface area (Å²) in [6.07, 6.45) is 0.231. The molecule has 0 aliphatic heterocycles. The van der Waals surface area contributed by atoms with Crippen molar-refractivity contribution in [1.82, 2.24) is 9.78 Å². The molecule has 0 saturated carbocycles. The number of carbonyl (C=O) groups excluding carboxylic acids is 1. The number of aromatic nitrogens is 2. The molecule has 1 aromatic carbocycles. The Hall–Kier alpha value is -1.33. The number of nitrogens with zero attached hydrogens (tertiary/aromatic N) is 2. The first kappa shape index (κ1) is 14.1. The van der Waals surface area contributed by atoms with E-state index < -0.39 is 0 Å². The number of halogens is 2. The molecule has 0 amide bonds. The van der Waals surface area contributed by atoms with Crippen LogP contribution in [0.3, 0.4) is 0 Å². The third kappa shape index (κ3) is 2.82. The molecule has 1 aromatic heterocycles. The van der Waals surface area contributed by atoms with Crippen molar-refractivity contribution in [2.24, 2.45) is 7.05 Å². The molecule has 0 bridgehead atoms. The SMILES string of the molecule is Cc1nn(C)c(Cl)c1CC(=O)c1ccc(N)c(Br)c1. The van der Waals surface area contributed by atoms with E-state index in [1.54, 1.807) is 29.9 Å². The van der Waals surface area contributed by atoms with Crippen LogP contribution in [0.5, 0.6) is 0 Å². The van der Waals surface area contributed by atoms with Gasteiger partial charge in [0.05, 0.1) is 5.69 Å². The smallest absolute Gasteiger partial charge is 0.167 e. The van der Waals surface area contributed by atoms with Crippen molar-refractivity contribution in [3.63, 3.8) is 0 Å². The number of hydrogen-bond donors (Lipinski definition) is 1. The Balaban J connectivity index is 2.28. The number of hydrogen-bond acceptors (Lipinski definition) is 3. The monoisotopic (exact) mass is 341 g/mol. The third-order valence-electron chi connectivity index (χ3n) is 2.93. The minimum atomic E-state index is -0.0151. The average molecular weight is 343 g/mol. The lowest BCUT2D eigenvalue weighted by molar-refractivity contribution is 0.0992. The maximum atomic E-state index is 12.2. The van der Waals surface area contributed by atoms with E-state index in [1.807, 2.05) is 6.92 Å². The number of nitrogens with two attached hydrogens (primary N) is 1. The Kier molecular flexibility index (Phi) is 3.96. The standard InChI is InChI=1S/C13H13BrClN3O/c1-7-9(13(15)18(2)17-7)6-12(19)8-3-4-11(16)10(14)5-8/h3-5H,6,16H2,1-2H3. The first-order chi connectivity index (χ1) is 8.90. The molecular weight excluding hydrogens is 330 g/mol. The summed E-state index contributed by atoms with van der Waals surface area (Å²) < 4.78 is 2.28. The first-order valence-electron chi connectivity index (χ1n) is 5.66. The minimum Gasteiger partial charge on any atom is -0.398 e. The number of Topliss-reactive ketones (excluding diaryl/α,β-unsaturated/α-hetero) is 1. The maximum absolute atomic E-state index is 12.2. The summed E-state index contributed by atoms with van der Waals surface area (Å²) in [4.78, 5) is 12.2. The number of aryl methyl sites for hydroxylation is 2. The van der Waals surface area contributed by atoms with Crippen LogP contribution in [-0.2, 0) is 13.5 Å². The van der Waals surface area contributed by atoms with Crippen LogP contribution in [0.4, 0.5) is 5.69 Å². The van der Waals surface area contributed by atoms with Gasteiger partial charge in [0.2, 0.25) is 0 Å². The molecule has 1 heterocycles. The molecule has 6 heteroatoms. The van der Waals surface area contributed by atoms with Crippen LogP contribution in [0.1, 0.15) is 21.6 Å². The van der Waals surface area contributed by atoms with E-state index >= 15 is 0 Å². The highest BCUT2D eigenvalue weighted by Gasteiger charge is 2.16. The third-order valence-corrected chi connectivity index (χ3v) is 4.09. The zero-order chi connectivity index (χ0) is 14.2. The number of carbonyl (C=O) groups is 1. The molecule has 2 rings (SSSR count). The van der Waals surface area contributed by atoms with Crippen LogP contribution in [0, 0.1) is 6.92 Å². The molecule has 0 aliphatic rings. The summed E-state index contributed by atoms with van der Waals surface area (Å²) in [5.41, 5.74) is 8.44. The normalized spacial score (nSPS) is 10.7. The van der Waals surface area contributed by atoms with Gasteiger partial charge in [-0.2, -0.15) is 5.10 Å². The molecular formula is C13H13BrClN3O. The Morgan fingerprint density at radius 3 is 2.74 bits per heavy atom. The summed E-state index contributed by atoms with van der Waals surface area (Å²) >= 11 is 9.43. The highest BCUT2D eigenvalue weighted by atomic mass is 79.9. The number of nitrogen functional groups attached to an aromatic ring is 1. The zero-order valence-corrected chi connectivity index (χ0v) is 12.9. The van der Waals surface area contributed by atoms with Crippen molar-refractivity contribution < 1.29 is 4.79 Å². The fourth-order valence-electron chi connectivity index (χ4n) is 1.84. The van der Waals surface area contributed by atoms with Crippen LogP contribution in [0.25, 0.3) is 0 Å². The summed E-state index contributed by atoms with van der Waals surface area (Å²) in [5, 5.41) is 4.69. The van der Waals surface area contributed by atoms with Gasteiger partial charge in [-0.3, -0.25) is 9.48 Å². The number of anilines is 1. The van der Waals surface area contributed by atoms with E-state index in [1.165, 1.54) is 0 Å². The van der Waals surface area contributed by atoms with Crippen molar-refractivity contribution in [3.8, 4) is 0 Å². The summed E-state index contributed by atoms with van der Waals surface area (Å²) in [5.74, 6) is -0.0151. The molecule has 0 saturated heterocycles. The lowest BCUT2D eigenvalue weighted by Gasteiger charge is -2.04. The molecule has 0 fully saturated rings. The lowest BCUT2D eigenvalue weighted by atomic mass is 10.0. The van der Waals surface area contributed by atoms with Crippen LogP contribution in [-0.4, -0.2) is 15.6 Å². The van der Waals surface area contributed by atoms with E-state index in [4.69, 9.17) is 17.3 Å². The Labute approximate surface area is 124 Å². The van der Waals surface area contributed by atoms with E-state index in [2.05, 4.69) is 21.0 Å². The fourth-order valence-corrected chi connectivity index (χ4v) is 2.46. The number of rotatable bonds is 3. The second-order valence-electron chi connectivity index (χ2n) is 4.31. The maximum Gasteiger partial charge on any atom is 0.167 e. The van der Waals surface area contributed by atoms with Crippen molar-refractivity contribution in [3.05, 3.63) is 44.6 Å². The van der Waals surface area contributed by atoms with Gasteiger partial charge < -0.3 is 5.73 Å². The predicted molar refractivity (Wildman–Crippen MR) is 79.5 cm³/mol. The van der Waals surface area contributed by atoms with Gasteiger partial charge in [0.25, 0.3) is 0 Å². The second-order valence-corrected chi connectivity index (χ2v) is 5.53. The average Bonchev–Trinajstić information content (AvgIpc) is 2.59. The van der Waals surface area contributed by atoms with Crippen molar-refractivity contribution in [2.75, 3.05) is 5.73 Å². The number of benzene rings is 1. The fraction of sp³-hybridized carbons (Fsp3) is 0.231. The largest absolute Gasteiger partial charge is 0.398 e. The van der Waals surface area contributed by atoms with Gasteiger partial charge in [0, 0.05) is 34.8 Å². The van der Waals surface area contributed by atoms with Crippen LogP contribution < -0.4 is 5.73 Å². The molecule has 0 atom stereocenters. The predicted octanol–water partition coefficient (Wildman–Crippen LogP) is 3.15. The van der Waals surface area contributed by atoms with Gasteiger partial charge in [-0.15, -0.1) is 0 Å². The summed E-state index contributed by atoms with van der Waals surface area (Å²) in [6, 6.07) is 5.13. The van der Waals surface area contributed by atoms with E-state index in [0.29, 0.717) is 20.9 Å².